The van der Waals surface area contributed by atoms with Crippen molar-refractivity contribution in [2.24, 2.45) is 11.8 Å². The molecule has 0 amide bonds. The highest BCUT2D eigenvalue weighted by Gasteiger charge is 2.46. The third kappa shape index (κ3) is 3.27. The number of hydrogen-bond acceptors (Lipinski definition) is 5. The molecule has 3 atom stereocenters. The molecule has 2 fully saturated rings. The number of anilines is 1. The van der Waals surface area contributed by atoms with Gasteiger partial charge in [0.2, 0.25) is 10.0 Å². The summed E-state index contributed by atoms with van der Waals surface area (Å²) in [6.45, 7) is 0.879. The molecule has 0 radical (unpaired) electrons. The van der Waals surface area contributed by atoms with Gasteiger partial charge in [-0.2, -0.15) is 9.57 Å². The Kier molecular flexibility index (Phi) is 4.72. The van der Waals surface area contributed by atoms with E-state index < -0.39 is 15.8 Å². The maximum Gasteiger partial charge on any atom is 0.243 e. The quantitative estimate of drug-likeness (QED) is 0.674. The molecule has 1 N–H and O–H groups in total. The molecule has 3 heterocycles. The summed E-state index contributed by atoms with van der Waals surface area (Å²) in [7, 11) is -1.71. The van der Waals surface area contributed by atoms with E-state index in [4.69, 9.17) is 0 Å². The molecule has 0 spiro atoms. The van der Waals surface area contributed by atoms with E-state index in [-0.39, 0.29) is 22.8 Å². The van der Waals surface area contributed by atoms with Crippen molar-refractivity contribution in [1.29, 1.82) is 5.26 Å². The van der Waals surface area contributed by atoms with Gasteiger partial charge in [-0.25, -0.2) is 17.8 Å². The number of nitriles is 1. The highest BCUT2D eigenvalue weighted by Crippen LogP contribution is 2.43. The van der Waals surface area contributed by atoms with Crippen molar-refractivity contribution in [2.75, 3.05) is 25.0 Å². The number of halogens is 1. The second-order valence-corrected chi connectivity index (χ2v) is 10.3. The largest absolute Gasteiger partial charge is 0.370 e. The van der Waals surface area contributed by atoms with E-state index in [1.165, 1.54) is 22.5 Å². The molecule has 1 aliphatic heterocycles. The number of sulfonamides is 1. The Morgan fingerprint density at radius 3 is 2.68 bits per heavy atom. The smallest absolute Gasteiger partial charge is 0.243 e. The molecule has 5 rings (SSSR count). The maximum absolute atomic E-state index is 13.5. The van der Waals surface area contributed by atoms with Gasteiger partial charge in [-0.3, -0.25) is 0 Å². The number of hydrogen-bond donors (Lipinski definition) is 1. The normalized spacial score (nSPS) is 23.7. The van der Waals surface area contributed by atoms with Crippen LogP contribution in [0.1, 0.15) is 18.4 Å². The number of H-pyrrole nitrogens is 1. The Morgan fingerprint density at radius 2 is 2.00 bits per heavy atom. The molecule has 0 unspecified atom stereocenters. The van der Waals surface area contributed by atoms with Crippen molar-refractivity contribution in [3.63, 3.8) is 0 Å². The number of rotatable bonds is 4. The molecule has 9 heteroatoms. The zero-order chi connectivity index (χ0) is 21.8. The molecule has 31 heavy (non-hydrogen) atoms. The predicted octanol–water partition coefficient (Wildman–Crippen LogP) is 3.11. The van der Waals surface area contributed by atoms with Crippen molar-refractivity contribution in [3.05, 3.63) is 54.1 Å². The fourth-order valence-corrected chi connectivity index (χ4v) is 6.74. The van der Waals surface area contributed by atoms with Crippen LogP contribution in [0.4, 0.5) is 10.1 Å². The zero-order valence-electron chi connectivity index (χ0n) is 17.0. The number of aromatic nitrogens is 2. The van der Waals surface area contributed by atoms with Crippen LogP contribution in [0.2, 0.25) is 0 Å². The molecular weight excluding hydrogens is 417 g/mol. The monoisotopic (exact) mass is 439 g/mol. The molecule has 1 saturated carbocycles. The summed E-state index contributed by atoms with van der Waals surface area (Å²) < 4.78 is 41.0. The Balaban J connectivity index is 1.35. The topological polar surface area (TPSA) is 93.1 Å². The molecule has 2 aliphatic rings. The van der Waals surface area contributed by atoms with Crippen LogP contribution >= 0.6 is 0 Å². The fraction of sp³-hybridized carbons (Fsp3) is 0.364. The van der Waals surface area contributed by atoms with Crippen LogP contribution in [0.3, 0.4) is 0 Å². The van der Waals surface area contributed by atoms with Gasteiger partial charge in [0.1, 0.15) is 17.5 Å². The molecular formula is C22H22FN5O2S. The molecule has 1 saturated heterocycles. The lowest BCUT2D eigenvalue weighted by Gasteiger charge is -2.29. The summed E-state index contributed by atoms with van der Waals surface area (Å²) in [5.41, 5.74) is 2.14. The van der Waals surface area contributed by atoms with Crippen LogP contribution in [0.15, 0.2) is 47.6 Å². The fourth-order valence-electron chi connectivity index (χ4n) is 5.15. The first-order valence-electron chi connectivity index (χ1n) is 10.2. The van der Waals surface area contributed by atoms with Crippen LogP contribution in [0, 0.1) is 29.0 Å². The van der Waals surface area contributed by atoms with Gasteiger partial charge in [0.25, 0.3) is 0 Å². The first-order valence-corrected chi connectivity index (χ1v) is 11.7. The van der Waals surface area contributed by atoms with Gasteiger partial charge in [-0.15, -0.1) is 0 Å². The highest BCUT2D eigenvalue weighted by molar-refractivity contribution is 7.89. The molecule has 1 aromatic carbocycles. The van der Waals surface area contributed by atoms with E-state index >= 15 is 0 Å². The van der Waals surface area contributed by atoms with Crippen LogP contribution in [-0.2, 0) is 10.0 Å². The standard InChI is InChI=1S/C22H22FN5O2S/c1-27(21-16(10-24)11-26-22-20(21)5-6-25-22)18-7-14-12-28(13-15(14)8-18)31(29,30)19-4-2-3-17(23)9-19/h2-6,9,11,14-15,18H,7-8,12-13H2,1H3,(H,25,26)/t14-,15+,18+. The number of benzene rings is 1. The van der Waals surface area contributed by atoms with Gasteiger partial charge in [-0.05, 0) is 48.9 Å². The number of fused-ring (bicyclic) bond motifs is 2. The molecule has 7 nitrogen and oxygen atoms in total. The molecule has 1 aliphatic carbocycles. The first kappa shape index (κ1) is 20.0. The lowest BCUT2D eigenvalue weighted by Crippen LogP contribution is -2.34. The van der Waals surface area contributed by atoms with Crippen molar-refractivity contribution in [1.82, 2.24) is 14.3 Å². The lowest BCUT2D eigenvalue weighted by molar-refractivity contribution is 0.432. The van der Waals surface area contributed by atoms with E-state index in [2.05, 4.69) is 20.9 Å². The summed E-state index contributed by atoms with van der Waals surface area (Å²) in [6, 6.07) is 9.57. The Hall–Kier alpha value is -2.96. The summed E-state index contributed by atoms with van der Waals surface area (Å²) in [5, 5.41) is 10.5. The second-order valence-electron chi connectivity index (χ2n) is 8.41. The third-order valence-corrected chi connectivity index (χ3v) is 8.53. The average Bonchev–Trinajstić information content (AvgIpc) is 3.47. The van der Waals surface area contributed by atoms with Gasteiger partial charge >= 0.3 is 0 Å². The molecule has 0 bridgehead atoms. The van der Waals surface area contributed by atoms with Gasteiger partial charge in [0.05, 0.1) is 16.1 Å². The molecule has 2 aromatic heterocycles. The Labute approximate surface area is 180 Å². The summed E-state index contributed by atoms with van der Waals surface area (Å²) in [5.74, 6) is -0.0707. The SMILES string of the molecule is CN(c1c(C#N)cnc2[nH]ccc12)[C@H]1C[C@@H]2CN(S(=O)(=O)c3cccc(F)c3)C[C@@H]2C1. The summed E-state index contributed by atoms with van der Waals surface area (Å²) in [6.07, 6.45) is 5.09. The average molecular weight is 440 g/mol. The number of pyridine rings is 1. The van der Waals surface area contributed by atoms with E-state index in [9.17, 15) is 18.1 Å². The Morgan fingerprint density at radius 1 is 1.26 bits per heavy atom. The number of nitrogens with zero attached hydrogens (tertiary/aromatic N) is 4. The van der Waals surface area contributed by atoms with Crippen LogP contribution in [-0.4, -0.2) is 48.9 Å². The first-order chi connectivity index (χ1) is 14.9. The van der Waals surface area contributed by atoms with E-state index in [0.29, 0.717) is 18.7 Å². The van der Waals surface area contributed by atoms with Crippen molar-refractivity contribution >= 4 is 26.7 Å². The zero-order valence-corrected chi connectivity index (χ0v) is 17.8. The van der Waals surface area contributed by atoms with Crippen LogP contribution in [0.5, 0.6) is 0 Å². The lowest BCUT2D eigenvalue weighted by atomic mass is 10.0. The van der Waals surface area contributed by atoms with Gasteiger partial charge in [-0.1, -0.05) is 6.07 Å². The second kappa shape index (κ2) is 7.32. The molecule has 3 aromatic rings. The van der Waals surface area contributed by atoms with Gasteiger partial charge < -0.3 is 9.88 Å². The van der Waals surface area contributed by atoms with Crippen molar-refractivity contribution in [3.8, 4) is 6.07 Å². The maximum atomic E-state index is 13.5. The van der Waals surface area contributed by atoms with Gasteiger partial charge in [0, 0.05) is 44.0 Å². The highest BCUT2D eigenvalue weighted by atomic mass is 32.2. The van der Waals surface area contributed by atoms with Gasteiger partial charge in [0.15, 0.2) is 0 Å². The van der Waals surface area contributed by atoms with Crippen LogP contribution in [0.25, 0.3) is 11.0 Å². The summed E-state index contributed by atoms with van der Waals surface area (Å²) in [4.78, 5) is 9.56. The Bertz CT molecular complexity index is 1280. The van der Waals surface area contributed by atoms with Crippen LogP contribution < -0.4 is 4.90 Å². The number of nitrogens with one attached hydrogen (secondary N) is 1. The van der Waals surface area contributed by atoms with E-state index in [1.54, 1.807) is 6.20 Å². The molecule has 160 valence electrons. The third-order valence-electron chi connectivity index (χ3n) is 6.71. The van der Waals surface area contributed by atoms with Crippen molar-refractivity contribution in [2.45, 2.75) is 23.8 Å². The minimum absolute atomic E-state index is 0.00596. The number of aromatic amines is 1. The summed E-state index contributed by atoms with van der Waals surface area (Å²) >= 11 is 0. The minimum Gasteiger partial charge on any atom is -0.370 e. The van der Waals surface area contributed by atoms with E-state index in [1.807, 2.05) is 19.3 Å². The van der Waals surface area contributed by atoms with E-state index in [0.717, 1.165) is 35.6 Å². The van der Waals surface area contributed by atoms with Crippen molar-refractivity contribution < 1.29 is 12.8 Å². The predicted molar refractivity (Wildman–Crippen MR) is 114 cm³/mol. The minimum atomic E-state index is -3.70.